The number of alkyl carbamates (subject to hydrolysis) is 1. The lowest BCUT2D eigenvalue weighted by Crippen LogP contribution is -2.39. The molecule has 0 unspecified atom stereocenters. The Labute approximate surface area is 183 Å². The number of anilines is 1. The molecule has 1 aromatic heterocycles. The Morgan fingerprint density at radius 2 is 1.94 bits per heavy atom. The molecule has 1 amide bonds. The van der Waals surface area contributed by atoms with E-state index in [1.807, 2.05) is 43.1 Å². The number of hydrogen-bond donors (Lipinski definition) is 1. The quantitative estimate of drug-likeness (QED) is 0.783. The van der Waals surface area contributed by atoms with Crippen molar-refractivity contribution in [3.8, 4) is 11.4 Å². The van der Waals surface area contributed by atoms with Crippen LogP contribution >= 0.6 is 0 Å². The summed E-state index contributed by atoms with van der Waals surface area (Å²) in [6, 6.07) is 6.77. The summed E-state index contributed by atoms with van der Waals surface area (Å²) in [7, 11) is 1.93. The molecule has 1 aliphatic rings. The third kappa shape index (κ3) is 5.18. The van der Waals surface area contributed by atoms with Crippen LogP contribution in [0.15, 0.2) is 29.1 Å². The molecule has 1 aliphatic heterocycles. The molecule has 0 fully saturated rings. The van der Waals surface area contributed by atoms with Crippen molar-refractivity contribution in [1.82, 2.24) is 14.9 Å². The van der Waals surface area contributed by atoms with Gasteiger partial charge in [0, 0.05) is 13.6 Å². The van der Waals surface area contributed by atoms with Crippen LogP contribution in [0, 0.1) is 0 Å². The van der Waals surface area contributed by atoms with Gasteiger partial charge in [0.2, 0.25) is 0 Å². The minimum absolute atomic E-state index is 0.117. The molecule has 0 aliphatic carbocycles. The van der Waals surface area contributed by atoms with Crippen molar-refractivity contribution in [3.63, 3.8) is 0 Å². The number of fused-ring (bicyclic) bond motifs is 1. The number of ether oxygens (including phenoxy) is 2. The van der Waals surface area contributed by atoms with Crippen molar-refractivity contribution in [3.05, 3.63) is 46.0 Å². The lowest BCUT2D eigenvalue weighted by Gasteiger charge is -2.29. The Kier molecular flexibility index (Phi) is 6.57. The van der Waals surface area contributed by atoms with E-state index in [0.29, 0.717) is 35.9 Å². The Morgan fingerprint density at radius 1 is 1.26 bits per heavy atom. The zero-order valence-electron chi connectivity index (χ0n) is 19.2. The molecule has 8 nitrogen and oxygen atoms in total. The summed E-state index contributed by atoms with van der Waals surface area (Å²) in [6.45, 7) is 10.5. The third-order valence-electron chi connectivity index (χ3n) is 4.99. The molecule has 1 N–H and O–H groups in total. The van der Waals surface area contributed by atoms with E-state index in [4.69, 9.17) is 14.5 Å². The Balaban J connectivity index is 2.07. The molecule has 31 heavy (non-hydrogen) atoms. The summed E-state index contributed by atoms with van der Waals surface area (Å²) in [5, 5.41) is 2.82. The lowest BCUT2D eigenvalue weighted by atomic mass is 10.1. The van der Waals surface area contributed by atoms with Crippen LogP contribution in [0.5, 0.6) is 5.75 Å². The predicted molar refractivity (Wildman–Crippen MR) is 120 cm³/mol. The maximum absolute atomic E-state index is 13.5. The van der Waals surface area contributed by atoms with Crippen LogP contribution in [-0.4, -0.2) is 41.4 Å². The molecule has 1 atom stereocenters. The normalized spacial score (nSPS) is 14.6. The van der Waals surface area contributed by atoms with Gasteiger partial charge in [0.05, 0.1) is 23.9 Å². The van der Waals surface area contributed by atoms with Crippen molar-refractivity contribution in [2.24, 2.45) is 0 Å². The molecule has 3 rings (SSSR count). The number of carbonyl (C=O) groups excluding carboxylic acids is 1. The molecule has 2 heterocycles. The maximum atomic E-state index is 13.5. The highest BCUT2D eigenvalue weighted by molar-refractivity contribution is 5.68. The largest absolute Gasteiger partial charge is 0.494 e. The first-order valence-electron chi connectivity index (χ1n) is 10.7. The van der Waals surface area contributed by atoms with Crippen LogP contribution in [0.4, 0.5) is 10.6 Å². The second-order valence-electron chi connectivity index (χ2n) is 8.73. The Bertz CT molecular complexity index is 992. The maximum Gasteiger partial charge on any atom is 0.408 e. The number of aromatic nitrogens is 2. The molecule has 0 saturated carbocycles. The topological polar surface area (TPSA) is 85.7 Å². The van der Waals surface area contributed by atoms with Gasteiger partial charge < -0.3 is 19.7 Å². The van der Waals surface area contributed by atoms with E-state index in [1.165, 1.54) is 0 Å². The van der Waals surface area contributed by atoms with E-state index in [0.717, 1.165) is 18.7 Å². The zero-order chi connectivity index (χ0) is 22.8. The van der Waals surface area contributed by atoms with E-state index < -0.39 is 17.7 Å². The predicted octanol–water partition coefficient (Wildman–Crippen LogP) is 3.60. The van der Waals surface area contributed by atoms with Crippen molar-refractivity contribution in [2.45, 2.75) is 59.1 Å². The average Bonchev–Trinajstić information content (AvgIpc) is 2.68. The van der Waals surface area contributed by atoms with Gasteiger partial charge in [-0.2, -0.15) is 0 Å². The first kappa shape index (κ1) is 22.7. The van der Waals surface area contributed by atoms with Gasteiger partial charge in [0.25, 0.3) is 5.56 Å². The lowest BCUT2D eigenvalue weighted by molar-refractivity contribution is 0.0505. The molecule has 8 heteroatoms. The van der Waals surface area contributed by atoms with Gasteiger partial charge in [-0.3, -0.25) is 9.36 Å². The molecule has 0 bridgehead atoms. The molecule has 168 valence electrons. The molecule has 0 saturated heterocycles. The van der Waals surface area contributed by atoms with Gasteiger partial charge in [-0.15, -0.1) is 0 Å². The smallest absolute Gasteiger partial charge is 0.408 e. The molecule has 0 spiro atoms. The monoisotopic (exact) mass is 428 g/mol. The van der Waals surface area contributed by atoms with E-state index in [1.54, 1.807) is 32.3 Å². The van der Waals surface area contributed by atoms with Gasteiger partial charge in [0.15, 0.2) is 0 Å². The second-order valence-corrected chi connectivity index (χ2v) is 8.73. The van der Waals surface area contributed by atoms with Crippen LogP contribution in [0.2, 0.25) is 0 Å². The van der Waals surface area contributed by atoms with Crippen molar-refractivity contribution < 1.29 is 14.3 Å². The molecule has 1 aromatic carbocycles. The number of carbonyl (C=O) groups is 1. The minimum atomic E-state index is -0.623. The summed E-state index contributed by atoms with van der Waals surface area (Å²) in [5.41, 5.74) is 0.622. The molecule has 0 radical (unpaired) electrons. The van der Waals surface area contributed by atoms with Crippen molar-refractivity contribution >= 4 is 11.9 Å². The number of amides is 1. The number of rotatable bonds is 5. The van der Waals surface area contributed by atoms with Gasteiger partial charge in [0.1, 0.15) is 23.0 Å². The second kappa shape index (κ2) is 8.99. The summed E-state index contributed by atoms with van der Waals surface area (Å²) in [5.74, 6) is 1.85. The van der Waals surface area contributed by atoms with Crippen LogP contribution in [0.3, 0.4) is 0 Å². The standard InChI is InChI=1S/C23H32N4O4/c1-7-30-17-12-10-16(11-13-17)27-19(15(2)24-22(29)31-23(3,4)5)25-20-18(21(27)28)9-8-14-26(20)6/h10-13,15H,7-9,14H2,1-6H3,(H,24,29)/t15-/m1/s1. The van der Waals surface area contributed by atoms with Crippen LogP contribution < -0.4 is 20.5 Å². The zero-order valence-corrected chi connectivity index (χ0v) is 19.2. The minimum Gasteiger partial charge on any atom is -0.494 e. The van der Waals surface area contributed by atoms with E-state index in [9.17, 15) is 9.59 Å². The van der Waals surface area contributed by atoms with E-state index in [-0.39, 0.29) is 5.56 Å². The van der Waals surface area contributed by atoms with E-state index >= 15 is 0 Å². The number of nitrogens with one attached hydrogen (secondary N) is 1. The Morgan fingerprint density at radius 3 is 2.55 bits per heavy atom. The molecular formula is C23H32N4O4. The van der Waals surface area contributed by atoms with E-state index in [2.05, 4.69) is 5.32 Å². The Hall–Kier alpha value is -3.03. The van der Waals surface area contributed by atoms with Crippen molar-refractivity contribution in [1.29, 1.82) is 0 Å². The number of benzene rings is 1. The fraction of sp³-hybridized carbons (Fsp3) is 0.522. The summed E-state index contributed by atoms with van der Waals surface area (Å²) >= 11 is 0. The molecular weight excluding hydrogens is 396 g/mol. The van der Waals surface area contributed by atoms with Crippen LogP contribution in [0.1, 0.15) is 58.5 Å². The van der Waals surface area contributed by atoms with Crippen LogP contribution in [0.25, 0.3) is 5.69 Å². The SMILES string of the molecule is CCOc1ccc(-n2c([C@@H](C)NC(=O)OC(C)(C)C)nc3c(c2=O)CCCN3C)cc1. The summed E-state index contributed by atoms with van der Waals surface area (Å²) in [4.78, 5) is 32.7. The third-order valence-corrected chi connectivity index (χ3v) is 4.99. The van der Waals surface area contributed by atoms with Crippen LogP contribution in [-0.2, 0) is 11.2 Å². The fourth-order valence-corrected chi connectivity index (χ4v) is 3.64. The number of hydrogen-bond acceptors (Lipinski definition) is 6. The first-order chi connectivity index (χ1) is 14.6. The average molecular weight is 429 g/mol. The van der Waals surface area contributed by atoms with Gasteiger partial charge >= 0.3 is 6.09 Å². The number of nitrogens with zero attached hydrogens (tertiary/aromatic N) is 3. The van der Waals surface area contributed by atoms with Gasteiger partial charge in [-0.05, 0) is 71.7 Å². The highest BCUT2D eigenvalue weighted by atomic mass is 16.6. The van der Waals surface area contributed by atoms with Gasteiger partial charge in [-0.25, -0.2) is 9.78 Å². The first-order valence-corrected chi connectivity index (χ1v) is 10.7. The summed E-state index contributed by atoms with van der Waals surface area (Å²) < 4.78 is 12.5. The summed E-state index contributed by atoms with van der Waals surface area (Å²) in [6.07, 6.45) is 1.02. The van der Waals surface area contributed by atoms with Crippen molar-refractivity contribution in [2.75, 3.05) is 25.1 Å². The molecule has 2 aromatic rings. The highest BCUT2D eigenvalue weighted by Crippen LogP contribution is 2.26. The fourth-order valence-electron chi connectivity index (χ4n) is 3.64. The van der Waals surface area contributed by atoms with Gasteiger partial charge in [-0.1, -0.05) is 0 Å². The highest BCUT2D eigenvalue weighted by Gasteiger charge is 2.27.